The van der Waals surface area contributed by atoms with Gasteiger partial charge in [0.2, 0.25) is 11.8 Å². The fourth-order valence-electron chi connectivity index (χ4n) is 6.24. The molecule has 0 saturated carbocycles. The van der Waals surface area contributed by atoms with Crippen LogP contribution in [0, 0.1) is 24.5 Å². The van der Waals surface area contributed by atoms with Crippen molar-refractivity contribution in [2.45, 2.75) is 45.6 Å². The summed E-state index contributed by atoms with van der Waals surface area (Å²) in [5.41, 5.74) is 3.60. The van der Waals surface area contributed by atoms with Crippen molar-refractivity contribution in [3.8, 4) is 11.1 Å². The number of carbonyl (C=O) groups excluding carboxylic acids is 2. The molecule has 44 heavy (non-hydrogen) atoms. The largest absolute Gasteiger partial charge is 0.478 e. The quantitative estimate of drug-likeness (QED) is 0.209. The lowest BCUT2D eigenvalue weighted by Crippen LogP contribution is -2.38. The van der Waals surface area contributed by atoms with Gasteiger partial charge in [0, 0.05) is 46.9 Å². The Labute approximate surface area is 256 Å². The van der Waals surface area contributed by atoms with Gasteiger partial charge < -0.3 is 20.3 Å². The van der Waals surface area contributed by atoms with Gasteiger partial charge in [-0.15, -0.1) is 0 Å². The zero-order valence-electron chi connectivity index (χ0n) is 24.0. The molecule has 0 saturated heterocycles. The molecule has 2 aliphatic heterocycles. The molecule has 0 spiro atoms. The van der Waals surface area contributed by atoms with E-state index in [1.807, 2.05) is 13.0 Å². The molecule has 2 amide bonds. The SMILES string of the molecule is Cc1[nH]c2cc3c(cc2c1C(=O)O)-c1ccnc(c1)[C@@H](N1CCC(c2c(F)ccc(Cl)c2F)=CC1=O)CCC[C@@H](C)C(=O)N3. The number of carbonyl (C=O) groups is 3. The average molecular weight is 619 g/mol. The van der Waals surface area contributed by atoms with E-state index in [1.165, 1.54) is 6.08 Å². The van der Waals surface area contributed by atoms with Gasteiger partial charge in [-0.2, -0.15) is 0 Å². The van der Waals surface area contributed by atoms with Crippen molar-refractivity contribution in [3.63, 3.8) is 0 Å². The summed E-state index contributed by atoms with van der Waals surface area (Å²) in [6, 6.07) is 8.85. The fraction of sp³-hybridized carbons (Fsp3) is 0.273. The predicted molar refractivity (Wildman–Crippen MR) is 163 cm³/mol. The van der Waals surface area contributed by atoms with Gasteiger partial charge in [-0.1, -0.05) is 24.9 Å². The van der Waals surface area contributed by atoms with Crippen LogP contribution < -0.4 is 5.32 Å². The molecule has 2 atom stereocenters. The smallest absolute Gasteiger partial charge is 0.338 e. The fourth-order valence-corrected chi connectivity index (χ4v) is 6.40. The Kier molecular flexibility index (Phi) is 7.71. The number of hydrogen-bond acceptors (Lipinski definition) is 4. The van der Waals surface area contributed by atoms with Crippen LogP contribution in [0.5, 0.6) is 0 Å². The van der Waals surface area contributed by atoms with Crippen LogP contribution in [0.3, 0.4) is 0 Å². The Bertz CT molecular complexity index is 1890. The highest BCUT2D eigenvalue weighted by molar-refractivity contribution is 6.31. The lowest BCUT2D eigenvalue weighted by molar-refractivity contribution is -0.129. The van der Waals surface area contributed by atoms with Crippen molar-refractivity contribution in [1.29, 1.82) is 0 Å². The molecule has 2 aliphatic rings. The minimum atomic E-state index is -1.07. The molecule has 3 N–H and O–H groups in total. The van der Waals surface area contributed by atoms with Crippen LogP contribution >= 0.6 is 11.6 Å². The summed E-state index contributed by atoms with van der Waals surface area (Å²) < 4.78 is 29.4. The van der Waals surface area contributed by atoms with Crippen LogP contribution in [-0.4, -0.2) is 44.3 Å². The normalized spacial score (nSPS) is 19.1. The van der Waals surface area contributed by atoms with Crippen molar-refractivity contribution >= 4 is 51.5 Å². The maximum absolute atomic E-state index is 14.8. The van der Waals surface area contributed by atoms with Gasteiger partial charge in [-0.3, -0.25) is 14.6 Å². The third kappa shape index (κ3) is 5.23. The second-order valence-corrected chi connectivity index (χ2v) is 11.8. The molecule has 2 aromatic carbocycles. The second-order valence-electron chi connectivity index (χ2n) is 11.3. The van der Waals surface area contributed by atoms with Crippen molar-refractivity contribution in [2.75, 3.05) is 11.9 Å². The van der Waals surface area contributed by atoms with Gasteiger partial charge in [0.15, 0.2) is 5.82 Å². The van der Waals surface area contributed by atoms with Crippen molar-refractivity contribution in [1.82, 2.24) is 14.9 Å². The number of nitrogens with one attached hydrogen (secondary N) is 2. The molecule has 11 heteroatoms. The molecule has 6 rings (SSSR count). The number of rotatable bonds is 3. The molecule has 2 bridgehead atoms. The Morgan fingerprint density at radius 2 is 1.93 bits per heavy atom. The van der Waals surface area contributed by atoms with Gasteiger partial charge in [-0.25, -0.2) is 13.6 Å². The van der Waals surface area contributed by atoms with Crippen molar-refractivity contribution in [3.05, 3.63) is 87.8 Å². The number of carboxylic acids is 1. The molecule has 0 fully saturated rings. The monoisotopic (exact) mass is 618 g/mol. The van der Waals surface area contributed by atoms with E-state index < -0.39 is 29.6 Å². The van der Waals surface area contributed by atoms with E-state index >= 15 is 0 Å². The third-order valence-corrected chi connectivity index (χ3v) is 8.83. The highest BCUT2D eigenvalue weighted by atomic mass is 35.5. The van der Waals surface area contributed by atoms with E-state index in [0.717, 1.165) is 12.1 Å². The van der Waals surface area contributed by atoms with Crippen LogP contribution in [0.2, 0.25) is 5.02 Å². The lowest BCUT2D eigenvalue weighted by atomic mass is 9.92. The van der Waals surface area contributed by atoms with E-state index in [9.17, 15) is 28.3 Å². The summed E-state index contributed by atoms with van der Waals surface area (Å²) in [6.07, 6.45) is 4.76. The maximum Gasteiger partial charge on any atom is 0.338 e. The first-order chi connectivity index (χ1) is 21.0. The van der Waals surface area contributed by atoms with Crippen LogP contribution in [0.15, 0.2) is 48.7 Å². The molecule has 0 unspecified atom stereocenters. The number of aromatic amines is 1. The average Bonchev–Trinajstić information content (AvgIpc) is 3.31. The maximum atomic E-state index is 14.8. The second kappa shape index (κ2) is 11.5. The Morgan fingerprint density at radius 1 is 1.14 bits per heavy atom. The first-order valence-electron chi connectivity index (χ1n) is 14.3. The summed E-state index contributed by atoms with van der Waals surface area (Å²) in [4.78, 5) is 48.2. The third-order valence-electron chi connectivity index (χ3n) is 8.54. The minimum Gasteiger partial charge on any atom is -0.478 e. The molecular formula is C33H29ClF2N4O4. The number of amides is 2. The van der Waals surface area contributed by atoms with Gasteiger partial charge in [0.1, 0.15) is 5.82 Å². The van der Waals surface area contributed by atoms with Gasteiger partial charge in [-0.05, 0) is 73.7 Å². The number of benzene rings is 2. The summed E-state index contributed by atoms with van der Waals surface area (Å²) in [6.45, 7) is 3.72. The number of fused-ring (bicyclic) bond motifs is 5. The van der Waals surface area contributed by atoms with Crippen LogP contribution in [0.25, 0.3) is 27.6 Å². The molecule has 2 aromatic heterocycles. The number of aromatic carboxylic acids is 1. The first-order valence-corrected chi connectivity index (χ1v) is 14.7. The summed E-state index contributed by atoms with van der Waals surface area (Å²) >= 11 is 5.90. The van der Waals surface area contributed by atoms with Crippen molar-refractivity contribution in [2.24, 2.45) is 5.92 Å². The molecule has 226 valence electrons. The van der Waals surface area contributed by atoms with Crippen molar-refractivity contribution < 1.29 is 28.3 Å². The number of anilines is 1. The number of aryl methyl sites for hydroxylation is 1. The number of halogens is 3. The van der Waals surface area contributed by atoms with E-state index in [0.29, 0.717) is 58.4 Å². The number of hydrogen-bond donors (Lipinski definition) is 3. The zero-order valence-corrected chi connectivity index (χ0v) is 24.8. The minimum absolute atomic E-state index is 0.148. The Morgan fingerprint density at radius 3 is 2.68 bits per heavy atom. The first kappa shape index (κ1) is 29.5. The molecule has 0 aliphatic carbocycles. The Balaban J connectivity index is 1.44. The molecule has 4 aromatic rings. The van der Waals surface area contributed by atoms with E-state index in [4.69, 9.17) is 11.6 Å². The number of carboxylic acid groups (broad SMARTS) is 1. The highest BCUT2D eigenvalue weighted by Gasteiger charge is 2.31. The van der Waals surface area contributed by atoms with Gasteiger partial charge in [0.25, 0.3) is 0 Å². The molecule has 4 heterocycles. The number of H-pyrrole nitrogens is 1. The van der Waals surface area contributed by atoms with E-state index in [1.54, 1.807) is 36.2 Å². The number of nitrogens with zero attached hydrogens (tertiary/aromatic N) is 2. The van der Waals surface area contributed by atoms with Crippen LogP contribution in [0.1, 0.15) is 66.0 Å². The molecule has 0 radical (unpaired) electrons. The van der Waals surface area contributed by atoms with Crippen LogP contribution in [0.4, 0.5) is 14.5 Å². The summed E-state index contributed by atoms with van der Waals surface area (Å²) in [7, 11) is 0. The van der Waals surface area contributed by atoms with E-state index in [-0.39, 0.29) is 46.5 Å². The summed E-state index contributed by atoms with van der Waals surface area (Å²) in [5, 5.41) is 13.2. The molecule has 8 nitrogen and oxygen atoms in total. The standard InChI is InChI=1S/C33H29ClF2N4O4/c1-16-4-3-5-27(40-11-9-19(13-28(40)41)30-23(35)7-6-22(34)31(30)36)26-12-18(8-10-37-26)20-14-21-25(15-24(20)39-32(16)42)38-17(2)29(21)33(43)44/h6-8,10,12-16,27,38H,3-5,9,11H2,1-2H3,(H,39,42)(H,43,44)/t16-,27+/m1/s1. The van der Waals surface area contributed by atoms with Gasteiger partial charge >= 0.3 is 5.97 Å². The lowest BCUT2D eigenvalue weighted by Gasteiger charge is -2.34. The molecular weight excluding hydrogens is 590 g/mol. The zero-order chi connectivity index (χ0) is 31.3. The topological polar surface area (TPSA) is 115 Å². The summed E-state index contributed by atoms with van der Waals surface area (Å²) in [5.74, 6) is -3.68. The van der Waals surface area contributed by atoms with E-state index in [2.05, 4.69) is 15.3 Å². The number of aromatic nitrogens is 2. The predicted octanol–water partition coefficient (Wildman–Crippen LogP) is 7.28. The van der Waals surface area contributed by atoms with Gasteiger partial charge in [0.05, 0.1) is 33.6 Å². The Hall–Kier alpha value is -4.57. The van der Waals surface area contributed by atoms with Crippen LogP contribution in [-0.2, 0) is 9.59 Å². The number of pyridine rings is 1. The highest BCUT2D eigenvalue weighted by Crippen LogP contribution is 2.39.